The monoisotopic (exact) mass is 285 g/mol. The molecular formula is C12H19N3O3S. The van der Waals surface area contributed by atoms with Crippen LogP contribution in [0.2, 0.25) is 0 Å². The predicted octanol–water partition coefficient (Wildman–Crippen LogP) is 0.646. The van der Waals surface area contributed by atoms with Crippen molar-refractivity contribution in [1.82, 2.24) is 0 Å². The molecule has 5 N–H and O–H groups in total. The molecule has 1 amide bonds. The number of primary sulfonamides is 1. The van der Waals surface area contributed by atoms with E-state index in [1.807, 2.05) is 20.8 Å². The van der Waals surface area contributed by atoms with Crippen LogP contribution >= 0.6 is 0 Å². The highest BCUT2D eigenvalue weighted by atomic mass is 32.2. The molecule has 0 aliphatic carbocycles. The number of benzene rings is 1. The highest BCUT2D eigenvalue weighted by molar-refractivity contribution is 7.89. The number of hydrogen-bond donors (Lipinski definition) is 3. The third-order valence-corrected chi connectivity index (χ3v) is 3.56. The molecule has 0 aliphatic heterocycles. The molecule has 0 saturated carbocycles. The van der Waals surface area contributed by atoms with E-state index in [2.05, 4.69) is 5.32 Å². The van der Waals surface area contributed by atoms with Gasteiger partial charge in [-0.25, -0.2) is 13.6 Å². The molecule has 6 nitrogen and oxygen atoms in total. The Labute approximate surface area is 113 Å². The van der Waals surface area contributed by atoms with Crippen LogP contribution in [0.1, 0.15) is 20.8 Å². The van der Waals surface area contributed by atoms with Crippen LogP contribution in [0.15, 0.2) is 29.2 Å². The lowest BCUT2D eigenvalue weighted by atomic mass is 9.87. The second kappa shape index (κ2) is 5.28. The van der Waals surface area contributed by atoms with Gasteiger partial charge in [-0.3, -0.25) is 4.79 Å². The summed E-state index contributed by atoms with van der Waals surface area (Å²) in [4.78, 5) is 11.8. The fourth-order valence-electron chi connectivity index (χ4n) is 1.36. The van der Waals surface area contributed by atoms with Gasteiger partial charge in [0.2, 0.25) is 15.9 Å². The molecular weight excluding hydrogens is 266 g/mol. The third-order valence-electron chi connectivity index (χ3n) is 2.65. The average molecular weight is 285 g/mol. The van der Waals surface area contributed by atoms with Crippen LogP contribution in [0.3, 0.4) is 0 Å². The fraction of sp³-hybridized carbons (Fsp3) is 0.417. The molecule has 1 atom stereocenters. The molecule has 0 aliphatic rings. The summed E-state index contributed by atoms with van der Waals surface area (Å²) >= 11 is 0. The van der Waals surface area contributed by atoms with E-state index < -0.39 is 16.1 Å². The van der Waals surface area contributed by atoms with E-state index >= 15 is 0 Å². The molecule has 0 radical (unpaired) electrons. The lowest BCUT2D eigenvalue weighted by molar-refractivity contribution is -0.119. The van der Waals surface area contributed by atoms with Crippen LogP contribution in [0, 0.1) is 5.41 Å². The summed E-state index contributed by atoms with van der Waals surface area (Å²) in [6.45, 7) is 5.54. The van der Waals surface area contributed by atoms with E-state index in [1.165, 1.54) is 18.2 Å². The number of rotatable bonds is 3. The van der Waals surface area contributed by atoms with E-state index in [1.54, 1.807) is 6.07 Å². The van der Waals surface area contributed by atoms with Gasteiger partial charge in [0.15, 0.2) is 0 Å². The molecule has 1 aromatic carbocycles. The Balaban J connectivity index is 2.93. The lowest BCUT2D eigenvalue weighted by Gasteiger charge is -2.25. The minimum Gasteiger partial charge on any atom is -0.325 e. The fourth-order valence-corrected chi connectivity index (χ4v) is 1.92. The van der Waals surface area contributed by atoms with Crippen molar-refractivity contribution in [3.63, 3.8) is 0 Å². The van der Waals surface area contributed by atoms with Gasteiger partial charge < -0.3 is 11.1 Å². The van der Waals surface area contributed by atoms with Crippen molar-refractivity contribution in [2.45, 2.75) is 31.7 Å². The van der Waals surface area contributed by atoms with Gasteiger partial charge in [-0.2, -0.15) is 0 Å². The minimum absolute atomic E-state index is 0.0605. The standard InChI is InChI=1S/C12H19N3O3S/c1-12(2,3)10(13)11(16)15-8-5-4-6-9(7-8)19(14,17)18/h4-7,10H,13H2,1-3H3,(H,15,16)(H2,14,17,18)/t10-/m0/s1. The Hall–Kier alpha value is -1.44. The minimum atomic E-state index is -3.79. The van der Waals surface area contributed by atoms with Crippen molar-refractivity contribution >= 4 is 21.6 Å². The van der Waals surface area contributed by atoms with Gasteiger partial charge in [0.1, 0.15) is 0 Å². The summed E-state index contributed by atoms with van der Waals surface area (Å²) in [5, 5.41) is 7.60. The Morgan fingerprint density at radius 3 is 2.37 bits per heavy atom. The van der Waals surface area contributed by atoms with E-state index in [0.717, 1.165) is 0 Å². The molecule has 7 heteroatoms. The van der Waals surface area contributed by atoms with Crippen LogP contribution in [-0.4, -0.2) is 20.4 Å². The molecule has 0 aromatic heterocycles. The number of anilines is 1. The molecule has 106 valence electrons. The first-order valence-electron chi connectivity index (χ1n) is 5.71. The number of nitrogens with two attached hydrogens (primary N) is 2. The normalized spacial score (nSPS) is 13.9. The zero-order chi connectivity index (χ0) is 14.8. The van der Waals surface area contributed by atoms with E-state index in [9.17, 15) is 13.2 Å². The number of sulfonamides is 1. The summed E-state index contributed by atoms with van der Waals surface area (Å²) in [6.07, 6.45) is 0. The van der Waals surface area contributed by atoms with Crippen LogP contribution in [0.25, 0.3) is 0 Å². The first kappa shape index (κ1) is 15.6. The second-order valence-corrected chi connectivity index (χ2v) is 6.97. The van der Waals surface area contributed by atoms with Gasteiger partial charge in [0.25, 0.3) is 0 Å². The van der Waals surface area contributed by atoms with Gasteiger partial charge in [0.05, 0.1) is 10.9 Å². The van der Waals surface area contributed by atoms with Crippen molar-refractivity contribution in [2.24, 2.45) is 16.3 Å². The molecule has 0 fully saturated rings. The van der Waals surface area contributed by atoms with Crippen molar-refractivity contribution in [1.29, 1.82) is 0 Å². The summed E-state index contributed by atoms with van der Waals surface area (Å²) < 4.78 is 22.4. The molecule has 0 bridgehead atoms. The first-order valence-corrected chi connectivity index (χ1v) is 7.26. The summed E-state index contributed by atoms with van der Waals surface area (Å²) in [7, 11) is -3.79. The second-order valence-electron chi connectivity index (χ2n) is 5.41. The topological polar surface area (TPSA) is 115 Å². The van der Waals surface area contributed by atoms with E-state index in [4.69, 9.17) is 10.9 Å². The summed E-state index contributed by atoms with van der Waals surface area (Å²) in [5.74, 6) is -0.376. The van der Waals surface area contributed by atoms with Crippen LogP contribution in [0.4, 0.5) is 5.69 Å². The summed E-state index contributed by atoms with van der Waals surface area (Å²) in [5.41, 5.74) is 5.77. The average Bonchev–Trinajstić information content (AvgIpc) is 2.26. The maximum atomic E-state index is 11.9. The van der Waals surface area contributed by atoms with Gasteiger partial charge in [0, 0.05) is 5.69 Å². The lowest BCUT2D eigenvalue weighted by Crippen LogP contribution is -2.45. The van der Waals surface area contributed by atoms with Crippen molar-refractivity contribution in [3.05, 3.63) is 24.3 Å². The zero-order valence-electron chi connectivity index (χ0n) is 11.2. The molecule has 0 spiro atoms. The van der Waals surface area contributed by atoms with Gasteiger partial charge in [-0.15, -0.1) is 0 Å². The Morgan fingerprint density at radius 2 is 1.89 bits per heavy atom. The Morgan fingerprint density at radius 1 is 1.32 bits per heavy atom. The molecule has 1 aromatic rings. The van der Waals surface area contributed by atoms with Gasteiger partial charge in [-0.05, 0) is 23.6 Å². The van der Waals surface area contributed by atoms with Gasteiger partial charge >= 0.3 is 0 Å². The smallest absolute Gasteiger partial charge is 0.241 e. The largest absolute Gasteiger partial charge is 0.325 e. The zero-order valence-corrected chi connectivity index (χ0v) is 12.0. The Bertz CT molecular complexity index is 576. The number of hydrogen-bond acceptors (Lipinski definition) is 4. The molecule has 0 unspecified atom stereocenters. The Kier molecular flexibility index (Phi) is 4.34. The maximum absolute atomic E-state index is 11.9. The van der Waals surface area contributed by atoms with Crippen LogP contribution in [0.5, 0.6) is 0 Å². The van der Waals surface area contributed by atoms with Crippen molar-refractivity contribution in [2.75, 3.05) is 5.32 Å². The molecule has 0 saturated heterocycles. The molecule has 19 heavy (non-hydrogen) atoms. The highest BCUT2D eigenvalue weighted by Gasteiger charge is 2.27. The van der Waals surface area contributed by atoms with E-state index in [-0.39, 0.29) is 16.2 Å². The van der Waals surface area contributed by atoms with Crippen LogP contribution in [-0.2, 0) is 14.8 Å². The third kappa shape index (κ3) is 4.30. The number of carbonyl (C=O) groups excluding carboxylic acids is 1. The first-order chi connectivity index (χ1) is 8.51. The number of amides is 1. The number of carbonyl (C=O) groups is 1. The quantitative estimate of drug-likeness (QED) is 0.756. The molecule has 0 heterocycles. The predicted molar refractivity (Wildman–Crippen MR) is 73.9 cm³/mol. The number of nitrogens with one attached hydrogen (secondary N) is 1. The maximum Gasteiger partial charge on any atom is 0.241 e. The van der Waals surface area contributed by atoms with Crippen molar-refractivity contribution in [3.8, 4) is 0 Å². The SMILES string of the molecule is CC(C)(C)[C@@H](N)C(=O)Nc1cccc(S(N)(=O)=O)c1. The van der Waals surface area contributed by atoms with Crippen LogP contribution < -0.4 is 16.2 Å². The van der Waals surface area contributed by atoms with Gasteiger partial charge in [-0.1, -0.05) is 26.8 Å². The molecule has 1 rings (SSSR count). The van der Waals surface area contributed by atoms with Crippen molar-refractivity contribution < 1.29 is 13.2 Å². The van der Waals surface area contributed by atoms with E-state index in [0.29, 0.717) is 5.69 Å². The highest BCUT2D eigenvalue weighted by Crippen LogP contribution is 2.20. The summed E-state index contributed by atoms with van der Waals surface area (Å²) in [6, 6.07) is 5.02.